The second-order valence-electron chi connectivity index (χ2n) is 4.42. The van der Waals surface area contributed by atoms with Crippen LogP contribution in [-0.4, -0.2) is 24.3 Å². The molecule has 0 radical (unpaired) electrons. The van der Waals surface area contributed by atoms with Crippen LogP contribution in [0.5, 0.6) is 0 Å². The third-order valence-corrected chi connectivity index (χ3v) is 3.34. The fraction of sp³-hybridized carbons (Fsp3) is 1.00. The summed E-state index contributed by atoms with van der Waals surface area (Å²) in [5.41, 5.74) is 0. The Morgan fingerprint density at radius 3 is 2.33 bits per heavy atom. The van der Waals surface area contributed by atoms with Crippen molar-refractivity contribution in [3.63, 3.8) is 0 Å². The van der Waals surface area contributed by atoms with Crippen LogP contribution in [0, 0.1) is 11.8 Å². The molecular formula is C10H19NO. The van der Waals surface area contributed by atoms with E-state index in [4.69, 9.17) is 5.11 Å². The van der Waals surface area contributed by atoms with Crippen LogP contribution in [0.2, 0.25) is 0 Å². The molecule has 2 aliphatic rings. The van der Waals surface area contributed by atoms with Gasteiger partial charge in [0.05, 0.1) is 6.10 Å². The van der Waals surface area contributed by atoms with Crippen LogP contribution >= 0.6 is 0 Å². The summed E-state index contributed by atoms with van der Waals surface area (Å²) in [6.07, 6.45) is 6.27. The van der Waals surface area contributed by atoms with Gasteiger partial charge in [0.15, 0.2) is 0 Å². The first kappa shape index (κ1) is 8.52. The fourth-order valence-electron chi connectivity index (χ4n) is 2.48. The van der Waals surface area contributed by atoms with Crippen LogP contribution in [0.4, 0.5) is 0 Å². The molecule has 2 nitrogen and oxygen atoms in total. The summed E-state index contributed by atoms with van der Waals surface area (Å²) in [6, 6.07) is 0. The Balaban J connectivity index is 1.65. The minimum atomic E-state index is 0.0386. The Kier molecular flexibility index (Phi) is 2.66. The first-order valence-electron chi connectivity index (χ1n) is 5.23. The zero-order chi connectivity index (χ0) is 8.39. The SMILES string of the molecule is OC1CC(CC2CCNCC2)C1. The number of hydrogen-bond donors (Lipinski definition) is 2. The molecule has 0 bridgehead atoms. The van der Waals surface area contributed by atoms with Gasteiger partial charge in [-0.1, -0.05) is 0 Å². The molecule has 1 heterocycles. The summed E-state index contributed by atoms with van der Waals surface area (Å²) in [7, 11) is 0. The van der Waals surface area contributed by atoms with Gasteiger partial charge < -0.3 is 10.4 Å². The molecule has 0 unspecified atom stereocenters. The van der Waals surface area contributed by atoms with Crippen molar-refractivity contribution in [3.8, 4) is 0 Å². The number of nitrogens with one attached hydrogen (secondary N) is 1. The van der Waals surface area contributed by atoms with Crippen molar-refractivity contribution in [3.05, 3.63) is 0 Å². The highest BCUT2D eigenvalue weighted by molar-refractivity contribution is 4.82. The predicted octanol–water partition coefficient (Wildman–Crippen LogP) is 1.15. The first-order valence-corrected chi connectivity index (χ1v) is 5.23. The summed E-state index contributed by atoms with van der Waals surface area (Å²) in [4.78, 5) is 0. The molecule has 0 atom stereocenters. The van der Waals surface area contributed by atoms with Gasteiger partial charge >= 0.3 is 0 Å². The Labute approximate surface area is 74.4 Å². The van der Waals surface area contributed by atoms with E-state index in [2.05, 4.69) is 5.32 Å². The lowest BCUT2D eigenvalue weighted by molar-refractivity contribution is 0.0292. The molecule has 2 rings (SSSR count). The van der Waals surface area contributed by atoms with Gasteiger partial charge in [-0.3, -0.25) is 0 Å². The summed E-state index contributed by atoms with van der Waals surface area (Å²) in [5, 5.41) is 12.5. The highest BCUT2D eigenvalue weighted by Crippen LogP contribution is 2.34. The van der Waals surface area contributed by atoms with Crippen LogP contribution in [0.3, 0.4) is 0 Å². The number of hydrogen-bond acceptors (Lipinski definition) is 2. The number of aliphatic hydroxyl groups is 1. The summed E-state index contributed by atoms with van der Waals surface area (Å²) in [6.45, 7) is 2.42. The molecule has 1 saturated carbocycles. The van der Waals surface area contributed by atoms with Gasteiger partial charge in [0.2, 0.25) is 0 Å². The van der Waals surface area contributed by atoms with Crippen LogP contribution < -0.4 is 5.32 Å². The van der Waals surface area contributed by atoms with Crippen molar-refractivity contribution in [1.82, 2.24) is 5.32 Å². The van der Waals surface area contributed by atoms with E-state index in [1.165, 1.54) is 32.4 Å². The molecule has 1 aliphatic carbocycles. The summed E-state index contributed by atoms with van der Waals surface area (Å²) in [5.74, 6) is 1.80. The molecular weight excluding hydrogens is 150 g/mol. The molecule has 0 aromatic heterocycles. The number of aliphatic hydroxyl groups excluding tert-OH is 1. The maximum Gasteiger partial charge on any atom is 0.0545 e. The maximum atomic E-state index is 9.14. The van der Waals surface area contributed by atoms with Gasteiger partial charge in [0.25, 0.3) is 0 Å². The van der Waals surface area contributed by atoms with Gasteiger partial charge in [-0.2, -0.15) is 0 Å². The average molecular weight is 169 g/mol. The second kappa shape index (κ2) is 3.75. The Morgan fingerprint density at radius 2 is 1.75 bits per heavy atom. The van der Waals surface area contributed by atoms with Gasteiger partial charge in [-0.25, -0.2) is 0 Å². The molecule has 2 fully saturated rings. The van der Waals surface area contributed by atoms with Crippen molar-refractivity contribution in [1.29, 1.82) is 0 Å². The number of piperidine rings is 1. The largest absolute Gasteiger partial charge is 0.393 e. The Morgan fingerprint density at radius 1 is 1.08 bits per heavy atom. The third-order valence-electron chi connectivity index (χ3n) is 3.34. The molecule has 0 amide bonds. The van der Waals surface area contributed by atoms with Crippen molar-refractivity contribution >= 4 is 0 Å². The van der Waals surface area contributed by atoms with E-state index in [-0.39, 0.29) is 6.10 Å². The van der Waals surface area contributed by atoms with E-state index in [1.54, 1.807) is 0 Å². The Hall–Kier alpha value is -0.0800. The Bertz CT molecular complexity index is 137. The normalized spacial score (nSPS) is 37.8. The van der Waals surface area contributed by atoms with Crippen LogP contribution in [0.15, 0.2) is 0 Å². The molecule has 12 heavy (non-hydrogen) atoms. The van der Waals surface area contributed by atoms with Crippen LogP contribution in [0.25, 0.3) is 0 Å². The fourth-order valence-corrected chi connectivity index (χ4v) is 2.48. The van der Waals surface area contributed by atoms with E-state index >= 15 is 0 Å². The number of rotatable bonds is 2. The minimum absolute atomic E-state index is 0.0386. The molecule has 1 saturated heterocycles. The third kappa shape index (κ3) is 1.99. The monoisotopic (exact) mass is 169 g/mol. The van der Waals surface area contributed by atoms with E-state index in [0.29, 0.717) is 0 Å². The lowest BCUT2D eigenvalue weighted by atomic mass is 9.75. The van der Waals surface area contributed by atoms with E-state index in [0.717, 1.165) is 24.7 Å². The quantitative estimate of drug-likeness (QED) is 0.650. The van der Waals surface area contributed by atoms with Gasteiger partial charge in [-0.15, -0.1) is 0 Å². The smallest absolute Gasteiger partial charge is 0.0545 e. The minimum Gasteiger partial charge on any atom is -0.393 e. The highest BCUT2D eigenvalue weighted by atomic mass is 16.3. The van der Waals surface area contributed by atoms with Crippen molar-refractivity contribution < 1.29 is 5.11 Å². The van der Waals surface area contributed by atoms with Crippen molar-refractivity contribution in [2.75, 3.05) is 13.1 Å². The second-order valence-corrected chi connectivity index (χ2v) is 4.42. The molecule has 2 heteroatoms. The topological polar surface area (TPSA) is 32.3 Å². The molecule has 0 spiro atoms. The highest BCUT2D eigenvalue weighted by Gasteiger charge is 2.29. The summed E-state index contributed by atoms with van der Waals surface area (Å²) >= 11 is 0. The first-order chi connectivity index (χ1) is 5.84. The standard InChI is InChI=1S/C10H19NO/c12-10-6-9(7-10)5-8-1-3-11-4-2-8/h8-12H,1-7H2. The van der Waals surface area contributed by atoms with E-state index in [9.17, 15) is 0 Å². The van der Waals surface area contributed by atoms with Gasteiger partial charge in [0, 0.05) is 0 Å². The lowest BCUT2D eigenvalue weighted by Crippen LogP contribution is -2.33. The molecule has 0 aromatic rings. The average Bonchev–Trinajstić information content (AvgIpc) is 2.04. The van der Waals surface area contributed by atoms with Gasteiger partial charge in [0.1, 0.15) is 0 Å². The van der Waals surface area contributed by atoms with Crippen molar-refractivity contribution in [2.24, 2.45) is 11.8 Å². The molecule has 1 aliphatic heterocycles. The van der Waals surface area contributed by atoms with E-state index < -0.39 is 0 Å². The van der Waals surface area contributed by atoms with Gasteiger partial charge in [-0.05, 0) is 57.0 Å². The van der Waals surface area contributed by atoms with Crippen molar-refractivity contribution in [2.45, 2.75) is 38.2 Å². The zero-order valence-corrected chi connectivity index (χ0v) is 7.63. The van der Waals surface area contributed by atoms with Crippen LogP contribution in [-0.2, 0) is 0 Å². The summed E-state index contributed by atoms with van der Waals surface area (Å²) < 4.78 is 0. The lowest BCUT2D eigenvalue weighted by Gasteiger charge is -2.35. The molecule has 0 aromatic carbocycles. The zero-order valence-electron chi connectivity index (χ0n) is 7.63. The molecule has 70 valence electrons. The molecule has 2 N–H and O–H groups in total. The van der Waals surface area contributed by atoms with E-state index in [1.807, 2.05) is 0 Å². The predicted molar refractivity (Wildman–Crippen MR) is 48.9 cm³/mol. The maximum absolute atomic E-state index is 9.14. The van der Waals surface area contributed by atoms with Crippen LogP contribution in [0.1, 0.15) is 32.1 Å².